The summed E-state index contributed by atoms with van der Waals surface area (Å²) in [6.07, 6.45) is 7.85. The maximum absolute atomic E-state index is 5.97. The van der Waals surface area contributed by atoms with Gasteiger partial charge in [-0.3, -0.25) is 0 Å². The predicted molar refractivity (Wildman–Crippen MR) is 114 cm³/mol. The monoisotopic (exact) mass is 359 g/mol. The first-order valence-corrected chi connectivity index (χ1v) is 9.83. The number of para-hydroxylation sites is 2. The van der Waals surface area contributed by atoms with E-state index in [0.717, 1.165) is 36.8 Å². The summed E-state index contributed by atoms with van der Waals surface area (Å²) in [5.41, 5.74) is 0.987. The van der Waals surface area contributed by atoms with E-state index < -0.39 is 0 Å². The molecule has 1 saturated heterocycles. The minimum Gasteiger partial charge on any atom is -0.489 e. The predicted octanol–water partition coefficient (Wildman–Crippen LogP) is 5.79. The Morgan fingerprint density at radius 1 is 1.12 bits per heavy atom. The zero-order valence-corrected chi connectivity index (χ0v) is 17.1. The highest BCUT2D eigenvalue weighted by molar-refractivity contribution is 5.40. The van der Waals surface area contributed by atoms with Crippen LogP contribution in [0.2, 0.25) is 0 Å². The molecule has 1 aromatic rings. The molecule has 0 aromatic heterocycles. The highest BCUT2D eigenvalue weighted by atomic mass is 16.5. The van der Waals surface area contributed by atoms with E-state index in [1.807, 2.05) is 58.0 Å². The van der Waals surface area contributed by atoms with Gasteiger partial charge in [0.1, 0.15) is 6.61 Å². The van der Waals surface area contributed by atoms with Crippen molar-refractivity contribution in [3.8, 4) is 11.5 Å². The topological polar surface area (TPSA) is 30.5 Å². The lowest BCUT2D eigenvalue weighted by atomic mass is 10.0. The molecule has 0 amide bonds. The van der Waals surface area contributed by atoms with Gasteiger partial charge in [-0.05, 0) is 37.1 Å². The molecule has 1 aliphatic heterocycles. The van der Waals surface area contributed by atoms with Gasteiger partial charge < -0.3 is 14.8 Å². The van der Waals surface area contributed by atoms with Gasteiger partial charge in [0.15, 0.2) is 11.5 Å². The van der Waals surface area contributed by atoms with Crippen molar-refractivity contribution in [2.45, 2.75) is 40.5 Å². The number of rotatable bonds is 8. The minimum atomic E-state index is 0.459. The van der Waals surface area contributed by atoms with E-state index in [2.05, 4.69) is 18.5 Å². The Morgan fingerprint density at radius 3 is 2.31 bits per heavy atom. The Labute approximate surface area is 160 Å². The smallest absolute Gasteiger partial charge is 0.161 e. The van der Waals surface area contributed by atoms with Crippen LogP contribution in [0.5, 0.6) is 11.5 Å². The highest BCUT2D eigenvalue weighted by Crippen LogP contribution is 2.28. The van der Waals surface area contributed by atoms with Gasteiger partial charge in [0.2, 0.25) is 0 Å². The van der Waals surface area contributed by atoms with Crippen LogP contribution in [-0.2, 0) is 0 Å². The van der Waals surface area contributed by atoms with E-state index in [0.29, 0.717) is 12.5 Å². The van der Waals surface area contributed by atoms with E-state index >= 15 is 0 Å². The van der Waals surface area contributed by atoms with Crippen LogP contribution in [0.1, 0.15) is 40.5 Å². The second-order valence-electron chi connectivity index (χ2n) is 5.44. The van der Waals surface area contributed by atoms with Crippen LogP contribution in [0.4, 0.5) is 0 Å². The molecule has 0 bridgehead atoms. The Morgan fingerprint density at radius 2 is 1.77 bits per heavy atom. The Balaban J connectivity index is 0.00000146. The van der Waals surface area contributed by atoms with Gasteiger partial charge in [0.25, 0.3) is 0 Å². The van der Waals surface area contributed by atoms with Crippen LogP contribution >= 0.6 is 0 Å². The van der Waals surface area contributed by atoms with Gasteiger partial charge in [-0.15, -0.1) is 0 Å². The Kier molecular flexibility index (Phi) is 15.2. The Bertz CT molecular complexity index is 517. The van der Waals surface area contributed by atoms with Crippen molar-refractivity contribution in [2.24, 2.45) is 5.92 Å². The second-order valence-corrected chi connectivity index (χ2v) is 5.44. The molecule has 0 spiro atoms. The van der Waals surface area contributed by atoms with Crippen molar-refractivity contribution in [3.05, 3.63) is 61.2 Å². The Hall–Kier alpha value is -2.00. The molecule has 0 saturated carbocycles. The summed E-state index contributed by atoms with van der Waals surface area (Å²) in [6.45, 7) is 18.8. The molecule has 0 aliphatic carbocycles. The number of hydrogen-bond acceptors (Lipinski definition) is 3. The average Bonchev–Trinajstić information content (AvgIpc) is 2.74. The SMILES string of the molecule is C=C/C=C(\C=C)COc1ccccc1OCC1CCCNC1.CC.CC. The third-order valence-corrected chi connectivity index (χ3v) is 3.71. The van der Waals surface area contributed by atoms with Crippen LogP contribution in [0, 0.1) is 5.92 Å². The summed E-state index contributed by atoms with van der Waals surface area (Å²) in [5, 5.41) is 3.41. The van der Waals surface area contributed by atoms with Gasteiger partial charge in [0, 0.05) is 12.5 Å². The molecular weight excluding hydrogens is 322 g/mol. The molecule has 1 N–H and O–H groups in total. The van der Waals surface area contributed by atoms with Gasteiger partial charge in [-0.25, -0.2) is 0 Å². The van der Waals surface area contributed by atoms with E-state index in [9.17, 15) is 0 Å². The molecule has 1 atom stereocenters. The van der Waals surface area contributed by atoms with E-state index in [1.54, 1.807) is 12.2 Å². The van der Waals surface area contributed by atoms with Crippen LogP contribution < -0.4 is 14.8 Å². The molecule has 3 nitrogen and oxygen atoms in total. The van der Waals surface area contributed by atoms with Crippen molar-refractivity contribution < 1.29 is 9.47 Å². The average molecular weight is 360 g/mol. The van der Waals surface area contributed by atoms with Crippen LogP contribution in [0.15, 0.2) is 61.2 Å². The summed E-state index contributed by atoms with van der Waals surface area (Å²) in [5.74, 6) is 2.14. The normalized spacial score (nSPS) is 16.2. The fraction of sp³-hybridized carbons (Fsp3) is 0.478. The molecule has 1 aromatic carbocycles. The fourth-order valence-electron chi connectivity index (χ4n) is 2.45. The highest BCUT2D eigenvalue weighted by Gasteiger charge is 2.14. The van der Waals surface area contributed by atoms with E-state index in [1.165, 1.54) is 12.8 Å². The van der Waals surface area contributed by atoms with E-state index in [4.69, 9.17) is 9.47 Å². The van der Waals surface area contributed by atoms with Crippen molar-refractivity contribution in [1.82, 2.24) is 5.32 Å². The van der Waals surface area contributed by atoms with Crippen LogP contribution in [0.25, 0.3) is 0 Å². The van der Waals surface area contributed by atoms with Gasteiger partial charge >= 0.3 is 0 Å². The first-order valence-electron chi connectivity index (χ1n) is 9.83. The summed E-state index contributed by atoms with van der Waals surface area (Å²) in [6, 6.07) is 7.81. The van der Waals surface area contributed by atoms with Crippen molar-refractivity contribution in [1.29, 1.82) is 0 Å². The number of allylic oxidation sites excluding steroid dienone is 2. The molecule has 3 heteroatoms. The number of nitrogens with one attached hydrogen (secondary N) is 1. The molecule has 26 heavy (non-hydrogen) atoms. The zero-order chi connectivity index (χ0) is 19.6. The quantitative estimate of drug-likeness (QED) is 0.596. The third-order valence-electron chi connectivity index (χ3n) is 3.71. The lowest BCUT2D eigenvalue weighted by Gasteiger charge is -2.23. The summed E-state index contributed by atoms with van der Waals surface area (Å²) in [7, 11) is 0. The van der Waals surface area contributed by atoms with Crippen LogP contribution in [-0.4, -0.2) is 26.3 Å². The molecule has 1 fully saturated rings. The molecule has 1 aliphatic rings. The molecule has 1 unspecified atom stereocenters. The van der Waals surface area contributed by atoms with E-state index in [-0.39, 0.29) is 0 Å². The maximum atomic E-state index is 5.97. The largest absolute Gasteiger partial charge is 0.489 e. The number of ether oxygens (including phenoxy) is 2. The lowest BCUT2D eigenvalue weighted by Crippen LogP contribution is -2.33. The number of benzene rings is 1. The van der Waals surface area contributed by atoms with Crippen LogP contribution in [0.3, 0.4) is 0 Å². The third kappa shape index (κ3) is 9.47. The summed E-state index contributed by atoms with van der Waals surface area (Å²) in [4.78, 5) is 0. The summed E-state index contributed by atoms with van der Waals surface area (Å²) >= 11 is 0. The molecule has 2 rings (SSSR count). The molecular formula is C23H37NO2. The van der Waals surface area contributed by atoms with Crippen molar-refractivity contribution >= 4 is 0 Å². The standard InChI is InChI=1S/C19H25NO2.2C2H6/c1-3-8-16(4-2)14-21-18-10-5-6-11-19(18)22-15-17-9-7-12-20-13-17;2*1-2/h3-6,8,10-11,17,20H,1-2,7,9,12-15H2;2*1-2H3/b16-8+;;. The van der Waals surface area contributed by atoms with Gasteiger partial charge in [-0.2, -0.15) is 0 Å². The number of piperidine rings is 1. The molecule has 0 radical (unpaired) electrons. The molecule has 1 heterocycles. The fourth-order valence-corrected chi connectivity index (χ4v) is 2.45. The van der Waals surface area contributed by atoms with Crippen molar-refractivity contribution in [2.75, 3.05) is 26.3 Å². The minimum absolute atomic E-state index is 0.459. The first-order chi connectivity index (χ1) is 12.8. The second kappa shape index (κ2) is 16.5. The number of hydrogen-bond donors (Lipinski definition) is 1. The lowest BCUT2D eigenvalue weighted by molar-refractivity contribution is 0.209. The first kappa shape index (κ1) is 24.0. The summed E-state index contributed by atoms with van der Waals surface area (Å²) < 4.78 is 11.8. The van der Waals surface area contributed by atoms with Gasteiger partial charge in [-0.1, -0.05) is 71.2 Å². The zero-order valence-electron chi connectivity index (χ0n) is 17.1. The van der Waals surface area contributed by atoms with Crippen molar-refractivity contribution in [3.63, 3.8) is 0 Å². The maximum Gasteiger partial charge on any atom is 0.161 e. The molecule has 146 valence electrons. The van der Waals surface area contributed by atoms with Gasteiger partial charge in [0.05, 0.1) is 6.61 Å².